The molecule has 1 fully saturated rings. The fourth-order valence-electron chi connectivity index (χ4n) is 2.51. The monoisotopic (exact) mass is 295 g/mol. The standard InChI is InChI=1S/C13H21N5O3/c1-17-5-3-4-10(17)7-14-13(21)16-11(12(19)20)9-6-15-18(2)8-9/h6,8,10-11H,3-5,7H2,1-2H3,(H,19,20)(H2,14,16,21). The number of rotatable bonds is 5. The van der Waals surface area contributed by atoms with Gasteiger partial charge in [0.15, 0.2) is 6.04 Å². The zero-order valence-electron chi connectivity index (χ0n) is 12.2. The van der Waals surface area contributed by atoms with Crippen molar-refractivity contribution in [3.8, 4) is 0 Å². The second-order valence-corrected chi connectivity index (χ2v) is 5.35. The molecule has 116 valence electrons. The molecule has 1 aromatic rings. The van der Waals surface area contributed by atoms with Gasteiger partial charge in [0.2, 0.25) is 0 Å². The minimum absolute atomic E-state index is 0.317. The topological polar surface area (TPSA) is 99.5 Å². The molecule has 0 spiro atoms. The van der Waals surface area contributed by atoms with E-state index < -0.39 is 18.0 Å². The number of aromatic nitrogens is 2. The molecule has 21 heavy (non-hydrogen) atoms. The van der Waals surface area contributed by atoms with Gasteiger partial charge in [-0.2, -0.15) is 5.10 Å². The Morgan fingerprint density at radius 1 is 1.52 bits per heavy atom. The van der Waals surface area contributed by atoms with Gasteiger partial charge in [-0.05, 0) is 26.4 Å². The summed E-state index contributed by atoms with van der Waals surface area (Å²) < 4.78 is 1.50. The molecule has 2 unspecified atom stereocenters. The Kier molecular flexibility index (Phi) is 4.79. The summed E-state index contributed by atoms with van der Waals surface area (Å²) in [6, 6.07) is -1.26. The summed E-state index contributed by atoms with van der Waals surface area (Å²) in [6.45, 7) is 1.54. The third-order valence-electron chi connectivity index (χ3n) is 3.75. The average Bonchev–Trinajstić information content (AvgIpc) is 3.02. The molecule has 1 aromatic heterocycles. The fraction of sp³-hybridized carbons (Fsp3) is 0.615. The molecule has 2 amide bonds. The predicted octanol–water partition coefficient (Wildman–Crippen LogP) is -0.0608. The molecule has 8 nitrogen and oxygen atoms in total. The lowest BCUT2D eigenvalue weighted by atomic mass is 10.1. The molecule has 2 rings (SSSR count). The Morgan fingerprint density at radius 3 is 2.81 bits per heavy atom. The van der Waals surface area contributed by atoms with E-state index in [9.17, 15) is 14.7 Å². The van der Waals surface area contributed by atoms with Gasteiger partial charge in [-0.25, -0.2) is 9.59 Å². The Bertz CT molecular complexity index is 516. The molecule has 0 radical (unpaired) electrons. The van der Waals surface area contributed by atoms with Gasteiger partial charge in [0.25, 0.3) is 0 Å². The van der Waals surface area contributed by atoms with Crippen LogP contribution in [0.5, 0.6) is 0 Å². The fourth-order valence-corrected chi connectivity index (χ4v) is 2.51. The van der Waals surface area contributed by atoms with Gasteiger partial charge < -0.3 is 20.6 Å². The van der Waals surface area contributed by atoms with Gasteiger partial charge in [0.1, 0.15) is 0 Å². The van der Waals surface area contributed by atoms with Crippen molar-refractivity contribution >= 4 is 12.0 Å². The molecule has 1 aliphatic heterocycles. The number of carbonyl (C=O) groups is 2. The summed E-state index contributed by atoms with van der Waals surface area (Å²) in [4.78, 5) is 25.3. The summed E-state index contributed by atoms with van der Waals surface area (Å²) in [5.74, 6) is -1.11. The number of amides is 2. The molecular formula is C13H21N5O3. The molecule has 0 aliphatic carbocycles. The van der Waals surface area contributed by atoms with Crippen LogP contribution in [0.2, 0.25) is 0 Å². The van der Waals surface area contributed by atoms with Crippen molar-refractivity contribution in [3.05, 3.63) is 18.0 Å². The third-order valence-corrected chi connectivity index (χ3v) is 3.75. The number of nitrogens with zero attached hydrogens (tertiary/aromatic N) is 3. The van der Waals surface area contributed by atoms with Crippen molar-refractivity contribution in [2.24, 2.45) is 7.05 Å². The zero-order valence-corrected chi connectivity index (χ0v) is 12.2. The highest BCUT2D eigenvalue weighted by molar-refractivity contribution is 5.83. The van der Waals surface area contributed by atoms with E-state index in [1.165, 1.54) is 10.9 Å². The first kappa shape index (κ1) is 15.3. The molecule has 0 saturated carbocycles. The highest BCUT2D eigenvalue weighted by Gasteiger charge is 2.25. The van der Waals surface area contributed by atoms with Crippen LogP contribution in [0.25, 0.3) is 0 Å². The lowest BCUT2D eigenvalue weighted by molar-refractivity contribution is -0.139. The first-order chi connectivity index (χ1) is 9.97. The van der Waals surface area contributed by atoms with E-state index in [1.807, 2.05) is 7.05 Å². The van der Waals surface area contributed by atoms with Gasteiger partial charge in [0.05, 0.1) is 6.20 Å². The molecule has 8 heteroatoms. The number of hydrogen-bond donors (Lipinski definition) is 3. The third kappa shape index (κ3) is 3.94. The number of aryl methyl sites for hydroxylation is 1. The van der Waals surface area contributed by atoms with E-state index in [-0.39, 0.29) is 0 Å². The van der Waals surface area contributed by atoms with E-state index >= 15 is 0 Å². The van der Waals surface area contributed by atoms with E-state index in [2.05, 4.69) is 20.6 Å². The number of urea groups is 1. The van der Waals surface area contributed by atoms with Crippen LogP contribution >= 0.6 is 0 Å². The highest BCUT2D eigenvalue weighted by Crippen LogP contribution is 2.14. The molecular weight excluding hydrogens is 274 g/mol. The number of likely N-dealkylation sites (N-methyl/N-ethyl adjacent to an activating group) is 1. The molecule has 2 atom stereocenters. The largest absolute Gasteiger partial charge is 0.479 e. The summed E-state index contributed by atoms with van der Waals surface area (Å²) >= 11 is 0. The predicted molar refractivity (Wildman–Crippen MR) is 75.8 cm³/mol. The minimum atomic E-state index is -1.11. The van der Waals surface area contributed by atoms with Crippen molar-refractivity contribution in [2.75, 3.05) is 20.1 Å². The van der Waals surface area contributed by atoms with Crippen LogP contribution in [-0.4, -0.2) is 58.0 Å². The maximum Gasteiger partial charge on any atom is 0.331 e. The van der Waals surface area contributed by atoms with Crippen molar-refractivity contribution in [1.82, 2.24) is 25.3 Å². The smallest absolute Gasteiger partial charge is 0.331 e. The molecule has 0 aromatic carbocycles. The van der Waals surface area contributed by atoms with Gasteiger partial charge >= 0.3 is 12.0 Å². The maximum absolute atomic E-state index is 11.9. The van der Waals surface area contributed by atoms with Gasteiger partial charge in [-0.15, -0.1) is 0 Å². The van der Waals surface area contributed by atoms with Gasteiger partial charge in [-0.1, -0.05) is 0 Å². The second-order valence-electron chi connectivity index (χ2n) is 5.35. The van der Waals surface area contributed by atoms with Gasteiger partial charge in [-0.3, -0.25) is 4.68 Å². The summed E-state index contributed by atoms with van der Waals surface area (Å²) in [7, 11) is 3.71. The molecule has 3 N–H and O–H groups in total. The van der Waals surface area contributed by atoms with Crippen molar-refractivity contribution < 1.29 is 14.7 Å². The normalized spacial score (nSPS) is 20.2. The number of hydrogen-bond acceptors (Lipinski definition) is 4. The summed E-state index contributed by atoms with van der Waals surface area (Å²) in [5, 5.41) is 18.3. The van der Waals surface area contributed by atoms with E-state index in [4.69, 9.17) is 0 Å². The Labute approximate surface area is 123 Å². The molecule has 0 bridgehead atoms. The van der Waals surface area contributed by atoms with Crippen LogP contribution in [-0.2, 0) is 11.8 Å². The lowest BCUT2D eigenvalue weighted by Crippen LogP contribution is -2.45. The van der Waals surface area contributed by atoms with Crippen LogP contribution in [0.15, 0.2) is 12.4 Å². The quantitative estimate of drug-likeness (QED) is 0.706. The van der Waals surface area contributed by atoms with Gasteiger partial charge in [0, 0.05) is 31.4 Å². The summed E-state index contributed by atoms with van der Waals surface area (Å²) in [6.07, 6.45) is 5.17. The SMILES string of the molecule is CN1CCCC1CNC(=O)NC(C(=O)O)c1cnn(C)c1. The summed E-state index contributed by atoms with van der Waals surface area (Å²) in [5.41, 5.74) is 0.443. The number of carboxylic acids is 1. The van der Waals surface area contributed by atoms with Crippen LogP contribution in [0.3, 0.4) is 0 Å². The molecule has 1 saturated heterocycles. The van der Waals surface area contributed by atoms with Crippen molar-refractivity contribution in [2.45, 2.75) is 24.9 Å². The van der Waals surface area contributed by atoms with Crippen LogP contribution < -0.4 is 10.6 Å². The number of carboxylic acid groups (broad SMARTS) is 1. The highest BCUT2D eigenvalue weighted by atomic mass is 16.4. The Morgan fingerprint density at radius 2 is 2.29 bits per heavy atom. The zero-order chi connectivity index (χ0) is 15.4. The van der Waals surface area contributed by atoms with Crippen LogP contribution in [0.4, 0.5) is 4.79 Å². The van der Waals surface area contributed by atoms with E-state index in [0.29, 0.717) is 18.2 Å². The number of carbonyl (C=O) groups excluding carboxylic acids is 1. The number of aliphatic carboxylic acids is 1. The van der Waals surface area contributed by atoms with Crippen molar-refractivity contribution in [3.63, 3.8) is 0 Å². The average molecular weight is 295 g/mol. The number of likely N-dealkylation sites (tertiary alicyclic amines) is 1. The minimum Gasteiger partial charge on any atom is -0.479 e. The van der Waals surface area contributed by atoms with E-state index in [1.54, 1.807) is 13.2 Å². The number of nitrogens with one attached hydrogen (secondary N) is 2. The first-order valence-corrected chi connectivity index (χ1v) is 6.93. The van der Waals surface area contributed by atoms with E-state index in [0.717, 1.165) is 19.4 Å². The lowest BCUT2D eigenvalue weighted by Gasteiger charge is -2.20. The molecule has 1 aliphatic rings. The first-order valence-electron chi connectivity index (χ1n) is 6.93. The van der Waals surface area contributed by atoms with Crippen LogP contribution in [0, 0.1) is 0 Å². The Hall–Kier alpha value is -2.09. The Balaban J connectivity index is 1.88. The maximum atomic E-state index is 11.9. The van der Waals surface area contributed by atoms with Crippen molar-refractivity contribution in [1.29, 1.82) is 0 Å². The second kappa shape index (κ2) is 6.57. The molecule has 2 heterocycles. The van der Waals surface area contributed by atoms with Crippen LogP contribution in [0.1, 0.15) is 24.4 Å².